The van der Waals surface area contributed by atoms with Crippen molar-refractivity contribution in [2.45, 2.75) is 13.0 Å². The second-order valence-electron chi connectivity index (χ2n) is 7.40. The van der Waals surface area contributed by atoms with Crippen molar-refractivity contribution in [3.8, 4) is 5.75 Å². The summed E-state index contributed by atoms with van der Waals surface area (Å²) in [6.45, 7) is 1.86. The molecule has 0 bridgehead atoms. The number of carbonyl (C=O) groups is 2. The van der Waals surface area contributed by atoms with Crippen molar-refractivity contribution in [1.82, 2.24) is 5.32 Å². The number of fused-ring (bicyclic) bond motifs is 1. The average molecular weight is 409 g/mol. The van der Waals surface area contributed by atoms with Crippen LogP contribution < -0.4 is 10.1 Å². The molecule has 0 aliphatic heterocycles. The van der Waals surface area contributed by atoms with Gasteiger partial charge in [0.25, 0.3) is 5.91 Å². The molecule has 0 aromatic heterocycles. The maximum absolute atomic E-state index is 12.5. The van der Waals surface area contributed by atoms with Gasteiger partial charge in [0.2, 0.25) is 0 Å². The van der Waals surface area contributed by atoms with E-state index >= 15 is 0 Å². The van der Waals surface area contributed by atoms with E-state index in [2.05, 4.69) is 29.6 Å². The summed E-state index contributed by atoms with van der Waals surface area (Å²) in [6, 6.07) is 30.1. The molecule has 0 fully saturated rings. The van der Waals surface area contributed by atoms with Gasteiger partial charge in [-0.3, -0.25) is 9.59 Å². The number of amides is 1. The summed E-state index contributed by atoms with van der Waals surface area (Å²) in [5.74, 6) is 0.289. The maximum Gasteiger partial charge on any atom is 0.258 e. The van der Waals surface area contributed by atoms with Gasteiger partial charge in [0.15, 0.2) is 12.4 Å². The molecule has 4 aromatic carbocycles. The van der Waals surface area contributed by atoms with E-state index in [1.165, 1.54) is 5.39 Å². The molecule has 4 rings (SSSR count). The second kappa shape index (κ2) is 9.26. The third-order valence-electron chi connectivity index (χ3n) is 5.17. The van der Waals surface area contributed by atoms with Gasteiger partial charge < -0.3 is 10.1 Å². The number of ketones is 1. The molecule has 31 heavy (non-hydrogen) atoms. The van der Waals surface area contributed by atoms with Crippen molar-refractivity contribution in [2.75, 3.05) is 6.61 Å². The molecule has 0 heterocycles. The predicted octanol–water partition coefficient (Wildman–Crippen LogP) is 5.33. The Morgan fingerprint density at radius 2 is 1.42 bits per heavy atom. The van der Waals surface area contributed by atoms with Gasteiger partial charge in [0.1, 0.15) is 5.75 Å². The van der Waals surface area contributed by atoms with E-state index < -0.39 is 0 Å². The molecule has 0 saturated heterocycles. The Morgan fingerprint density at radius 1 is 0.774 bits per heavy atom. The van der Waals surface area contributed by atoms with Gasteiger partial charge in [-0.1, -0.05) is 66.7 Å². The third-order valence-corrected chi connectivity index (χ3v) is 5.17. The quantitative estimate of drug-likeness (QED) is 0.420. The van der Waals surface area contributed by atoms with E-state index in [9.17, 15) is 9.59 Å². The number of nitrogens with one attached hydrogen (secondary N) is 1. The highest BCUT2D eigenvalue weighted by Gasteiger charge is 2.12. The Kier molecular flexibility index (Phi) is 6.08. The van der Waals surface area contributed by atoms with E-state index in [1.54, 1.807) is 36.4 Å². The van der Waals surface area contributed by atoms with Crippen molar-refractivity contribution in [3.05, 3.63) is 114 Å². The first kappa shape index (κ1) is 20.4. The van der Waals surface area contributed by atoms with E-state index in [0.29, 0.717) is 16.9 Å². The Balaban J connectivity index is 1.32. The van der Waals surface area contributed by atoms with Crippen molar-refractivity contribution < 1.29 is 14.3 Å². The molecule has 1 amide bonds. The van der Waals surface area contributed by atoms with E-state index in [4.69, 9.17) is 4.74 Å². The van der Waals surface area contributed by atoms with Crippen LogP contribution >= 0.6 is 0 Å². The first-order chi connectivity index (χ1) is 15.1. The maximum atomic E-state index is 12.5. The minimum absolute atomic E-state index is 0.0471. The zero-order chi connectivity index (χ0) is 21.6. The van der Waals surface area contributed by atoms with Gasteiger partial charge >= 0.3 is 0 Å². The average Bonchev–Trinajstić information content (AvgIpc) is 2.83. The lowest BCUT2D eigenvalue weighted by molar-refractivity contribution is -0.123. The van der Waals surface area contributed by atoms with Crippen LogP contribution in [0.4, 0.5) is 0 Å². The molecule has 0 unspecified atom stereocenters. The van der Waals surface area contributed by atoms with E-state index in [0.717, 1.165) is 10.9 Å². The van der Waals surface area contributed by atoms with Crippen LogP contribution in [0.25, 0.3) is 10.8 Å². The zero-order valence-corrected chi connectivity index (χ0v) is 17.2. The van der Waals surface area contributed by atoms with Crippen LogP contribution in [0.1, 0.15) is 34.5 Å². The minimum atomic E-state index is -0.204. The molecule has 0 spiro atoms. The van der Waals surface area contributed by atoms with Crippen molar-refractivity contribution in [3.63, 3.8) is 0 Å². The number of rotatable bonds is 7. The van der Waals surface area contributed by atoms with Gasteiger partial charge in [-0.05, 0) is 53.6 Å². The standard InChI is InChI=1S/C27H23NO3/c1-19(23-12-11-20-7-5-6-10-24(20)17-23)28-26(29)18-31-25-15-13-22(14-16-25)27(30)21-8-3-2-4-9-21/h2-17,19H,18H2,1H3,(H,28,29)/t19-/m0/s1. The fourth-order valence-electron chi connectivity index (χ4n) is 3.45. The first-order valence-corrected chi connectivity index (χ1v) is 10.2. The van der Waals surface area contributed by atoms with Gasteiger partial charge in [-0.2, -0.15) is 0 Å². The largest absolute Gasteiger partial charge is 0.484 e. The van der Waals surface area contributed by atoms with Crippen LogP contribution in [0, 0.1) is 0 Å². The number of benzene rings is 4. The topological polar surface area (TPSA) is 55.4 Å². The second-order valence-corrected chi connectivity index (χ2v) is 7.40. The minimum Gasteiger partial charge on any atom is -0.484 e. The highest BCUT2D eigenvalue weighted by Crippen LogP contribution is 2.20. The van der Waals surface area contributed by atoms with Crippen molar-refractivity contribution in [2.24, 2.45) is 0 Å². The molecule has 0 aliphatic rings. The van der Waals surface area contributed by atoms with Crippen LogP contribution in [0.15, 0.2) is 97.1 Å². The fourth-order valence-corrected chi connectivity index (χ4v) is 3.45. The summed E-state index contributed by atoms with van der Waals surface area (Å²) in [5, 5.41) is 5.27. The molecule has 154 valence electrons. The van der Waals surface area contributed by atoms with E-state index in [-0.39, 0.29) is 24.3 Å². The first-order valence-electron chi connectivity index (χ1n) is 10.2. The van der Waals surface area contributed by atoms with E-state index in [1.807, 2.05) is 43.3 Å². The number of carbonyl (C=O) groups excluding carboxylic acids is 2. The number of hydrogen-bond donors (Lipinski definition) is 1. The highest BCUT2D eigenvalue weighted by atomic mass is 16.5. The van der Waals surface area contributed by atoms with Crippen molar-refractivity contribution in [1.29, 1.82) is 0 Å². The Morgan fingerprint density at radius 3 is 2.16 bits per heavy atom. The lowest BCUT2D eigenvalue weighted by Gasteiger charge is -2.15. The molecular formula is C27H23NO3. The van der Waals surface area contributed by atoms with Gasteiger partial charge in [-0.15, -0.1) is 0 Å². The summed E-state index contributed by atoms with van der Waals surface area (Å²) in [6.07, 6.45) is 0. The zero-order valence-electron chi connectivity index (χ0n) is 17.2. The normalized spacial score (nSPS) is 11.6. The Bertz CT molecular complexity index is 1200. The molecule has 4 aromatic rings. The molecule has 0 saturated carbocycles. The lowest BCUT2D eigenvalue weighted by Crippen LogP contribution is -2.31. The molecule has 4 nitrogen and oxygen atoms in total. The Hall–Kier alpha value is -3.92. The van der Waals surface area contributed by atoms with Crippen LogP contribution in [0.5, 0.6) is 5.75 Å². The molecule has 1 atom stereocenters. The summed E-state index contributed by atoms with van der Waals surface area (Å²) in [4.78, 5) is 24.8. The summed E-state index contributed by atoms with van der Waals surface area (Å²) in [5.41, 5.74) is 2.25. The Labute approximate surface area is 181 Å². The summed E-state index contributed by atoms with van der Waals surface area (Å²) in [7, 11) is 0. The molecule has 0 aliphatic carbocycles. The number of ether oxygens (including phenoxy) is 1. The van der Waals surface area contributed by atoms with Crippen LogP contribution in [-0.4, -0.2) is 18.3 Å². The fraction of sp³-hybridized carbons (Fsp3) is 0.111. The summed E-state index contributed by atoms with van der Waals surface area (Å²) >= 11 is 0. The smallest absolute Gasteiger partial charge is 0.258 e. The molecule has 1 N–H and O–H groups in total. The molecular weight excluding hydrogens is 386 g/mol. The third kappa shape index (κ3) is 4.98. The van der Waals surface area contributed by atoms with Gasteiger partial charge in [0, 0.05) is 11.1 Å². The monoisotopic (exact) mass is 409 g/mol. The van der Waals surface area contributed by atoms with Gasteiger partial charge in [0.05, 0.1) is 6.04 Å². The summed E-state index contributed by atoms with van der Waals surface area (Å²) < 4.78 is 5.59. The predicted molar refractivity (Wildman–Crippen MR) is 122 cm³/mol. The van der Waals surface area contributed by atoms with Crippen LogP contribution in [0.3, 0.4) is 0 Å². The molecule has 0 radical (unpaired) electrons. The highest BCUT2D eigenvalue weighted by molar-refractivity contribution is 6.09. The lowest BCUT2D eigenvalue weighted by atomic mass is 10.0. The molecule has 4 heteroatoms. The van der Waals surface area contributed by atoms with Crippen LogP contribution in [-0.2, 0) is 4.79 Å². The van der Waals surface area contributed by atoms with Gasteiger partial charge in [-0.25, -0.2) is 0 Å². The number of hydrogen-bond acceptors (Lipinski definition) is 3. The van der Waals surface area contributed by atoms with Crippen LogP contribution in [0.2, 0.25) is 0 Å². The SMILES string of the molecule is C[C@H](NC(=O)COc1ccc(C(=O)c2ccccc2)cc1)c1ccc2ccccc2c1. The van der Waals surface area contributed by atoms with Crippen molar-refractivity contribution >= 4 is 22.5 Å².